The number of alkyl halides is 3. The monoisotopic (exact) mass is 260 g/mol. The van der Waals surface area contributed by atoms with Gasteiger partial charge in [0.1, 0.15) is 5.69 Å². The molecule has 0 fully saturated rings. The molecule has 2 heterocycles. The Morgan fingerprint density at radius 1 is 1.39 bits per heavy atom. The number of halogens is 3. The van der Waals surface area contributed by atoms with Crippen LogP contribution in [0.15, 0.2) is 23.3 Å². The number of hydrogen-bond acceptors (Lipinski definition) is 6. The molecule has 1 atom stereocenters. The van der Waals surface area contributed by atoms with E-state index in [0.29, 0.717) is 5.56 Å². The largest absolute Gasteiger partial charge is 0.433 e. The van der Waals surface area contributed by atoms with Gasteiger partial charge in [-0.25, -0.2) is 4.99 Å². The molecule has 1 aliphatic heterocycles. The molecule has 18 heavy (non-hydrogen) atoms. The molecule has 0 spiro atoms. The van der Waals surface area contributed by atoms with Crippen molar-refractivity contribution < 1.29 is 13.2 Å². The Bertz CT molecular complexity index is 485. The van der Waals surface area contributed by atoms with Crippen LogP contribution in [-0.4, -0.2) is 16.7 Å². The van der Waals surface area contributed by atoms with Crippen LogP contribution in [0.1, 0.15) is 11.3 Å². The second-order valence-electron chi connectivity index (χ2n) is 3.90. The highest BCUT2D eigenvalue weighted by atomic mass is 19.4. The third kappa shape index (κ3) is 2.68. The fourth-order valence-electron chi connectivity index (χ4n) is 1.58. The summed E-state index contributed by atoms with van der Waals surface area (Å²) in [6.07, 6.45) is -3.36. The summed E-state index contributed by atoms with van der Waals surface area (Å²) < 4.78 is 37.4. The van der Waals surface area contributed by atoms with E-state index in [9.17, 15) is 13.2 Å². The molecule has 1 unspecified atom stereocenters. The topological polar surface area (TPSA) is 101 Å². The summed E-state index contributed by atoms with van der Waals surface area (Å²) in [5, 5.41) is 0. The number of nitrogens with two attached hydrogens (primary N) is 2. The molecule has 0 radical (unpaired) electrons. The lowest BCUT2D eigenvalue weighted by molar-refractivity contribution is -0.141. The highest BCUT2D eigenvalue weighted by molar-refractivity contribution is 5.79. The molecule has 2 rings (SSSR count). The smallest absolute Gasteiger partial charge is 0.369 e. The molecule has 0 bridgehead atoms. The van der Waals surface area contributed by atoms with Crippen LogP contribution in [0.25, 0.3) is 0 Å². The van der Waals surface area contributed by atoms with E-state index >= 15 is 0 Å². The molecular formula is C9H11F3N6. The van der Waals surface area contributed by atoms with Crippen LogP contribution in [-0.2, 0) is 12.6 Å². The van der Waals surface area contributed by atoms with E-state index in [0.717, 1.165) is 12.3 Å². The Hall–Kier alpha value is -1.87. The van der Waals surface area contributed by atoms with E-state index in [2.05, 4.69) is 20.8 Å². The molecule has 6 nitrogen and oxygen atoms in total. The Morgan fingerprint density at radius 2 is 2.11 bits per heavy atom. The van der Waals surface area contributed by atoms with Crippen LogP contribution < -0.4 is 22.3 Å². The number of aliphatic imine (C=N–C) groups is 1. The molecule has 0 saturated carbocycles. The first-order valence-electron chi connectivity index (χ1n) is 4.98. The number of aromatic nitrogens is 1. The summed E-state index contributed by atoms with van der Waals surface area (Å²) in [5.41, 5.74) is 15.6. The summed E-state index contributed by atoms with van der Waals surface area (Å²) in [6.45, 7) is 0. The second kappa shape index (κ2) is 4.10. The summed E-state index contributed by atoms with van der Waals surface area (Å²) in [5.74, 6) is -1.17. The van der Waals surface area contributed by atoms with Gasteiger partial charge in [-0.3, -0.25) is 16.1 Å². The Labute approximate surface area is 100 Å². The van der Waals surface area contributed by atoms with E-state index in [1.165, 1.54) is 6.07 Å². The quantitative estimate of drug-likeness (QED) is 0.583. The van der Waals surface area contributed by atoms with Gasteiger partial charge < -0.3 is 5.73 Å². The zero-order valence-corrected chi connectivity index (χ0v) is 9.12. The molecule has 98 valence electrons. The minimum absolute atomic E-state index is 0.0479. The number of guanidine groups is 1. The average Bonchev–Trinajstić information content (AvgIpc) is 2.57. The first kappa shape index (κ1) is 12.6. The normalized spacial score (nSPS) is 23.7. The Balaban J connectivity index is 2.20. The van der Waals surface area contributed by atoms with Gasteiger partial charge in [-0.15, -0.1) is 0 Å². The van der Waals surface area contributed by atoms with Crippen molar-refractivity contribution in [2.75, 3.05) is 0 Å². The molecule has 1 aliphatic rings. The number of nitrogens with zero attached hydrogens (tertiary/aromatic N) is 2. The molecule has 1 aromatic rings. The fraction of sp³-hybridized carbons (Fsp3) is 0.333. The van der Waals surface area contributed by atoms with Crippen molar-refractivity contribution in [1.82, 2.24) is 15.8 Å². The SMILES string of the molecule is NC1=NC(N)(Cc2ccnc(C(F)(F)F)c2)NN1. The minimum Gasteiger partial charge on any atom is -0.369 e. The summed E-state index contributed by atoms with van der Waals surface area (Å²) in [6, 6.07) is 2.37. The minimum atomic E-state index is -4.48. The van der Waals surface area contributed by atoms with E-state index in [1.807, 2.05) is 0 Å². The Kier molecular flexibility index (Phi) is 2.87. The average molecular weight is 260 g/mol. The summed E-state index contributed by atoms with van der Waals surface area (Å²) >= 11 is 0. The zero-order valence-electron chi connectivity index (χ0n) is 9.12. The van der Waals surface area contributed by atoms with Crippen molar-refractivity contribution in [1.29, 1.82) is 0 Å². The van der Waals surface area contributed by atoms with Crippen molar-refractivity contribution in [3.05, 3.63) is 29.6 Å². The third-order valence-electron chi connectivity index (χ3n) is 2.32. The lowest BCUT2D eigenvalue weighted by Crippen LogP contribution is -2.54. The van der Waals surface area contributed by atoms with Gasteiger partial charge in [0.05, 0.1) is 0 Å². The van der Waals surface area contributed by atoms with E-state index in [-0.39, 0.29) is 12.4 Å². The first-order valence-corrected chi connectivity index (χ1v) is 4.98. The number of rotatable bonds is 2. The van der Waals surface area contributed by atoms with Crippen LogP contribution in [0.5, 0.6) is 0 Å². The van der Waals surface area contributed by atoms with Gasteiger partial charge in [0.25, 0.3) is 0 Å². The maximum absolute atomic E-state index is 12.5. The lowest BCUT2D eigenvalue weighted by Gasteiger charge is -2.20. The predicted octanol–water partition coefficient (Wildman–Crippen LogP) is -0.322. The van der Waals surface area contributed by atoms with E-state index in [4.69, 9.17) is 11.5 Å². The van der Waals surface area contributed by atoms with Gasteiger partial charge in [-0.2, -0.15) is 18.6 Å². The van der Waals surface area contributed by atoms with Gasteiger partial charge in [-0.1, -0.05) is 0 Å². The van der Waals surface area contributed by atoms with Gasteiger partial charge in [0.15, 0.2) is 5.79 Å². The molecule has 0 aliphatic carbocycles. The maximum Gasteiger partial charge on any atom is 0.433 e. The first-order chi connectivity index (χ1) is 8.28. The number of pyridine rings is 1. The van der Waals surface area contributed by atoms with Gasteiger partial charge in [-0.05, 0) is 17.7 Å². The van der Waals surface area contributed by atoms with Gasteiger partial charge in [0, 0.05) is 12.6 Å². The molecular weight excluding hydrogens is 249 g/mol. The van der Waals surface area contributed by atoms with Crippen molar-refractivity contribution in [2.45, 2.75) is 18.4 Å². The van der Waals surface area contributed by atoms with Crippen LogP contribution in [0, 0.1) is 0 Å². The van der Waals surface area contributed by atoms with Crippen molar-refractivity contribution >= 4 is 5.96 Å². The molecule has 0 aromatic carbocycles. The number of hydrogen-bond donors (Lipinski definition) is 4. The van der Waals surface area contributed by atoms with Crippen LogP contribution >= 0.6 is 0 Å². The predicted molar refractivity (Wildman–Crippen MR) is 57.8 cm³/mol. The highest BCUT2D eigenvalue weighted by Crippen LogP contribution is 2.28. The van der Waals surface area contributed by atoms with E-state index < -0.39 is 17.7 Å². The Morgan fingerprint density at radius 3 is 2.67 bits per heavy atom. The number of hydrazine groups is 1. The van der Waals surface area contributed by atoms with Crippen molar-refractivity contribution in [3.8, 4) is 0 Å². The lowest BCUT2D eigenvalue weighted by atomic mass is 10.1. The molecule has 1 aromatic heterocycles. The zero-order chi connectivity index (χ0) is 13.4. The van der Waals surface area contributed by atoms with Crippen LogP contribution in [0.2, 0.25) is 0 Å². The fourth-order valence-corrected chi connectivity index (χ4v) is 1.58. The van der Waals surface area contributed by atoms with Crippen molar-refractivity contribution in [2.24, 2.45) is 16.5 Å². The molecule has 9 heteroatoms. The summed E-state index contributed by atoms with van der Waals surface area (Å²) in [7, 11) is 0. The van der Waals surface area contributed by atoms with Crippen LogP contribution in [0.3, 0.4) is 0 Å². The third-order valence-corrected chi connectivity index (χ3v) is 2.32. The second-order valence-corrected chi connectivity index (χ2v) is 3.90. The summed E-state index contributed by atoms with van der Waals surface area (Å²) in [4.78, 5) is 7.12. The van der Waals surface area contributed by atoms with Crippen molar-refractivity contribution in [3.63, 3.8) is 0 Å². The number of nitrogens with one attached hydrogen (secondary N) is 2. The van der Waals surface area contributed by atoms with Crippen LogP contribution in [0.4, 0.5) is 13.2 Å². The molecule has 6 N–H and O–H groups in total. The van der Waals surface area contributed by atoms with Gasteiger partial charge in [0.2, 0.25) is 5.96 Å². The molecule has 0 amide bonds. The maximum atomic E-state index is 12.5. The van der Waals surface area contributed by atoms with Gasteiger partial charge >= 0.3 is 6.18 Å². The highest BCUT2D eigenvalue weighted by Gasteiger charge is 2.34. The van der Waals surface area contributed by atoms with E-state index in [1.54, 1.807) is 0 Å². The molecule has 0 saturated heterocycles. The standard InChI is InChI=1S/C9H11F3N6/c10-9(11,12)6-3-5(1-2-15-6)4-8(14)16-7(13)17-18-8/h1-3,18H,4,14H2,(H3,13,16,17).